The summed E-state index contributed by atoms with van der Waals surface area (Å²) in [4.78, 5) is 23.8. The molecule has 124 valence electrons. The number of Topliss-reactive ketones (excluding diaryl/α,β-unsaturated/α-hetero) is 1. The van der Waals surface area contributed by atoms with Crippen molar-refractivity contribution in [3.63, 3.8) is 0 Å². The molecule has 1 atom stereocenters. The third kappa shape index (κ3) is 2.80. The fourth-order valence-electron chi connectivity index (χ4n) is 3.61. The second-order valence-electron chi connectivity index (χ2n) is 6.51. The summed E-state index contributed by atoms with van der Waals surface area (Å²) in [6.45, 7) is 5.10. The molecule has 5 nitrogen and oxygen atoms in total. The maximum Gasteiger partial charge on any atom is 0.225 e. The summed E-state index contributed by atoms with van der Waals surface area (Å²) in [5, 5.41) is 0. The first kappa shape index (κ1) is 15.3. The van der Waals surface area contributed by atoms with Crippen LogP contribution in [0.15, 0.2) is 30.5 Å². The SMILES string of the molecule is Cc1ccccc1[C@@H]1CC(=O)c2cnc(N3CCOCC3)nc2C1. The van der Waals surface area contributed by atoms with Crippen LogP contribution < -0.4 is 4.90 Å². The highest BCUT2D eigenvalue weighted by Crippen LogP contribution is 2.33. The van der Waals surface area contributed by atoms with Gasteiger partial charge < -0.3 is 9.64 Å². The number of benzene rings is 1. The fourth-order valence-corrected chi connectivity index (χ4v) is 3.61. The monoisotopic (exact) mass is 323 g/mol. The van der Waals surface area contributed by atoms with E-state index in [9.17, 15) is 4.79 Å². The normalized spacial score (nSPS) is 20.8. The van der Waals surface area contributed by atoms with Crippen molar-refractivity contribution in [2.45, 2.75) is 25.7 Å². The van der Waals surface area contributed by atoms with E-state index in [0.29, 0.717) is 25.2 Å². The number of rotatable bonds is 2. The number of carbonyl (C=O) groups excluding carboxylic acids is 1. The molecule has 0 saturated carbocycles. The van der Waals surface area contributed by atoms with Crippen LogP contribution in [0.5, 0.6) is 0 Å². The first-order chi connectivity index (χ1) is 11.7. The van der Waals surface area contributed by atoms with Crippen LogP contribution in [0.4, 0.5) is 5.95 Å². The topological polar surface area (TPSA) is 55.3 Å². The summed E-state index contributed by atoms with van der Waals surface area (Å²) in [5.41, 5.74) is 4.07. The molecule has 2 aliphatic rings. The predicted molar refractivity (Wildman–Crippen MR) is 91.6 cm³/mol. The Morgan fingerprint density at radius 1 is 1.17 bits per heavy atom. The van der Waals surface area contributed by atoms with Crippen LogP contribution in [0.3, 0.4) is 0 Å². The molecule has 1 aromatic carbocycles. The Labute approximate surface area is 141 Å². The number of aryl methyl sites for hydroxylation is 1. The van der Waals surface area contributed by atoms with Crippen molar-refractivity contribution in [1.29, 1.82) is 0 Å². The molecule has 1 saturated heterocycles. The van der Waals surface area contributed by atoms with Crippen molar-refractivity contribution in [1.82, 2.24) is 9.97 Å². The fraction of sp³-hybridized carbons (Fsp3) is 0.421. The van der Waals surface area contributed by atoms with E-state index < -0.39 is 0 Å². The number of ether oxygens (including phenoxy) is 1. The highest BCUT2D eigenvalue weighted by atomic mass is 16.5. The number of fused-ring (bicyclic) bond motifs is 1. The number of morpholine rings is 1. The highest BCUT2D eigenvalue weighted by molar-refractivity contribution is 5.98. The first-order valence-corrected chi connectivity index (χ1v) is 8.49. The van der Waals surface area contributed by atoms with Crippen molar-refractivity contribution in [2.24, 2.45) is 0 Å². The largest absolute Gasteiger partial charge is 0.378 e. The molecule has 1 aliphatic heterocycles. The number of hydrogen-bond donors (Lipinski definition) is 0. The smallest absolute Gasteiger partial charge is 0.225 e. The minimum absolute atomic E-state index is 0.151. The van der Waals surface area contributed by atoms with Crippen LogP contribution in [-0.4, -0.2) is 42.1 Å². The van der Waals surface area contributed by atoms with Gasteiger partial charge in [-0.25, -0.2) is 9.97 Å². The van der Waals surface area contributed by atoms with Crippen molar-refractivity contribution < 1.29 is 9.53 Å². The molecular weight excluding hydrogens is 302 g/mol. The predicted octanol–water partition coefficient (Wildman–Crippen LogP) is 2.53. The zero-order valence-corrected chi connectivity index (χ0v) is 13.9. The third-order valence-electron chi connectivity index (χ3n) is 4.95. The van der Waals surface area contributed by atoms with Gasteiger partial charge in [-0.1, -0.05) is 24.3 Å². The standard InChI is InChI=1S/C19H21N3O2/c1-13-4-2-3-5-15(13)14-10-17-16(18(23)11-14)12-20-19(21-17)22-6-8-24-9-7-22/h2-5,12,14H,6-11H2,1H3/t14-/m0/s1. The molecule has 24 heavy (non-hydrogen) atoms. The van der Waals surface area contributed by atoms with Crippen LogP contribution in [0, 0.1) is 6.92 Å². The lowest BCUT2D eigenvalue weighted by atomic mass is 9.81. The highest BCUT2D eigenvalue weighted by Gasteiger charge is 2.29. The summed E-state index contributed by atoms with van der Waals surface area (Å²) in [5.74, 6) is 1.08. The average molecular weight is 323 g/mol. The van der Waals surface area contributed by atoms with Gasteiger partial charge in [-0.15, -0.1) is 0 Å². The molecule has 2 heterocycles. The summed E-state index contributed by atoms with van der Waals surface area (Å²) >= 11 is 0. The number of ketones is 1. The summed E-state index contributed by atoms with van der Waals surface area (Å²) < 4.78 is 5.39. The summed E-state index contributed by atoms with van der Waals surface area (Å²) in [6.07, 6.45) is 3.05. The molecule has 4 rings (SSSR count). The molecular formula is C19H21N3O2. The average Bonchev–Trinajstić information content (AvgIpc) is 2.62. The molecule has 0 radical (unpaired) electrons. The van der Waals surface area contributed by atoms with Crippen LogP contribution in [0.25, 0.3) is 0 Å². The molecule has 0 bridgehead atoms. The summed E-state index contributed by atoms with van der Waals surface area (Å²) in [7, 11) is 0. The number of carbonyl (C=O) groups is 1. The number of anilines is 1. The molecule has 1 aliphatic carbocycles. The maximum absolute atomic E-state index is 12.6. The molecule has 0 spiro atoms. The maximum atomic E-state index is 12.6. The van der Waals surface area contributed by atoms with Gasteiger partial charge in [0.15, 0.2) is 5.78 Å². The minimum Gasteiger partial charge on any atom is -0.378 e. The Bertz CT molecular complexity index is 769. The van der Waals surface area contributed by atoms with Crippen molar-refractivity contribution in [3.05, 3.63) is 52.8 Å². The lowest BCUT2D eigenvalue weighted by molar-refractivity contribution is 0.0962. The van der Waals surface area contributed by atoms with E-state index >= 15 is 0 Å². The Hall–Kier alpha value is -2.27. The van der Waals surface area contributed by atoms with Gasteiger partial charge in [-0.05, 0) is 30.4 Å². The Morgan fingerprint density at radius 3 is 2.75 bits per heavy atom. The van der Waals surface area contributed by atoms with Crippen LogP contribution in [0.2, 0.25) is 0 Å². The summed E-state index contributed by atoms with van der Waals surface area (Å²) in [6, 6.07) is 8.31. The molecule has 1 fully saturated rings. The van der Waals surface area contributed by atoms with E-state index in [1.54, 1.807) is 6.20 Å². The van der Waals surface area contributed by atoms with Gasteiger partial charge in [0.1, 0.15) is 0 Å². The Morgan fingerprint density at radius 2 is 1.96 bits per heavy atom. The van der Waals surface area contributed by atoms with E-state index in [1.165, 1.54) is 11.1 Å². The quantitative estimate of drug-likeness (QED) is 0.850. The van der Waals surface area contributed by atoms with Gasteiger partial charge in [-0.2, -0.15) is 0 Å². The molecule has 1 aromatic heterocycles. The molecule has 0 N–H and O–H groups in total. The second kappa shape index (κ2) is 6.32. The van der Waals surface area contributed by atoms with Gasteiger partial charge in [0, 0.05) is 25.7 Å². The molecule has 5 heteroatoms. The molecule has 2 aromatic rings. The third-order valence-corrected chi connectivity index (χ3v) is 4.95. The number of aromatic nitrogens is 2. The molecule has 0 amide bonds. The van der Waals surface area contributed by atoms with Crippen molar-refractivity contribution in [2.75, 3.05) is 31.2 Å². The van der Waals surface area contributed by atoms with Gasteiger partial charge in [0.2, 0.25) is 5.95 Å². The van der Waals surface area contributed by atoms with E-state index in [4.69, 9.17) is 9.72 Å². The first-order valence-electron chi connectivity index (χ1n) is 8.49. The molecule has 0 unspecified atom stereocenters. The second-order valence-corrected chi connectivity index (χ2v) is 6.51. The van der Waals surface area contributed by atoms with Gasteiger partial charge >= 0.3 is 0 Å². The van der Waals surface area contributed by atoms with Crippen molar-refractivity contribution >= 4 is 11.7 Å². The zero-order chi connectivity index (χ0) is 16.5. The van der Waals surface area contributed by atoms with Crippen LogP contribution in [-0.2, 0) is 11.2 Å². The number of nitrogens with zero attached hydrogens (tertiary/aromatic N) is 3. The van der Waals surface area contributed by atoms with E-state index in [0.717, 1.165) is 31.2 Å². The Balaban J connectivity index is 1.65. The van der Waals surface area contributed by atoms with Crippen LogP contribution in [0.1, 0.15) is 39.5 Å². The van der Waals surface area contributed by atoms with E-state index in [1.807, 2.05) is 12.1 Å². The van der Waals surface area contributed by atoms with Crippen molar-refractivity contribution in [3.8, 4) is 0 Å². The zero-order valence-electron chi connectivity index (χ0n) is 13.9. The number of hydrogen-bond acceptors (Lipinski definition) is 5. The van der Waals surface area contributed by atoms with Crippen LogP contribution >= 0.6 is 0 Å². The Kier molecular flexibility index (Phi) is 4.02. The van der Waals surface area contributed by atoms with Gasteiger partial charge in [0.05, 0.1) is 24.5 Å². The van der Waals surface area contributed by atoms with Gasteiger partial charge in [0.25, 0.3) is 0 Å². The van der Waals surface area contributed by atoms with E-state index in [2.05, 4.69) is 28.9 Å². The lowest BCUT2D eigenvalue weighted by Crippen LogP contribution is -2.37. The minimum atomic E-state index is 0.151. The van der Waals surface area contributed by atoms with E-state index in [-0.39, 0.29) is 11.7 Å². The van der Waals surface area contributed by atoms with Gasteiger partial charge in [-0.3, -0.25) is 4.79 Å². The lowest BCUT2D eigenvalue weighted by Gasteiger charge is -2.29.